The molecular weight excluding hydrogens is 362 g/mol. The molecule has 2 fully saturated rings. The quantitative estimate of drug-likeness (QED) is 0.800. The van der Waals surface area contributed by atoms with Gasteiger partial charge in [-0.15, -0.1) is 0 Å². The Hall–Kier alpha value is -2.24. The van der Waals surface area contributed by atoms with E-state index >= 15 is 0 Å². The number of piperidine rings is 1. The first kappa shape index (κ1) is 20.0. The predicted octanol–water partition coefficient (Wildman–Crippen LogP) is 4.00. The van der Waals surface area contributed by atoms with Crippen LogP contribution in [0.2, 0.25) is 0 Å². The molecule has 2 aliphatic rings. The van der Waals surface area contributed by atoms with Gasteiger partial charge in [0.15, 0.2) is 0 Å². The van der Waals surface area contributed by atoms with E-state index < -0.39 is 0 Å². The van der Waals surface area contributed by atoms with Gasteiger partial charge in [-0.1, -0.05) is 18.2 Å². The lowest BCUT2D eigenvalue weighted by Crippen LogP contribution is -2.44. The number of nitrogens with one attached hydrogen (secondary N) is 1. The van der Waals surface area contributed by atoms with Gasteiger partial charge in [0.1, 0.15) is 5.75 Å². The second-order valence-electron chi connectivity index (χ2n) is 8.61. The summed E-state index contributed by atoms with van der Waals surface area (Å²) in [6.45, 7) is 4.00. The first-order valence-electron chi connectivity index (χ1n) is 10.6. The summed E-state index contributed by atoms with van der Waals surface area (Å²) in [7, 11) is 5.87. The lowest BCUT2D eigenvalue weighted by molar-refractivity contribution is -0.0448. The lowest BCUT2D eigenvalue weighted by Gasteiger charge is -2.38. The number of methoxy groups -OCH3 is 1. The van der Waals surface area contributed by atoms with Gasteiger partial charge in [0.05, 0.1) is 25.4 Å². The van der Waals surface area contributed by atoms with Gasteiger partial charge >= 0.3 is 0 Å². The Morgan fingerprint density at radius 2 is 1.90 bits per heavy atom. The van der Waals surface area contributed by atoms with Gasteiger partial charge in [-0.3, -0.25) is 4.90 Å². The van der Waals surface area contributed by atoms with Crippen LogP contribution in [0.25, 0.3) is 0 Å². The maximum Gasteiger partial charge on any atom is 0.120 e. The molecule has 29 heavy (non-hydrogen) atoms. The minimum atomic E-state index is 0.0435. The van der Waals surface area contributed by atoms with Gasteiger partial charge in [0, 0.05) is 51.2 Å². The van der Waals surface area contributed by atoms with Crippen LogP contribution in [-0.4, -0.2) is 57.4 Å². The largest absolute Gasteiger partial charge is 0.497 e. The Balaban J connectivity index is 1.27. The summed E-state index contributed by atoms with van der Waals surface area (Å²) >= 11 is 0. The average molecular weight is 396 g/mol. The van der Waals surface area contributed by atoms with Crippen LogP contribution in [0, 0.1) is 0 Å². The van der Waals surface area contributed by atoms with Crippen molar-refractivity contribution in [2.75, 3.05) is 51.1 Å². The molecule has 2 aromatic carbocycles. The molecule has 156 valence electrons. The molecular formula is C24H33N3O2. The highest BCUT2D eigenvalue weighted by Crippen LogP contribution is 2.37. The fourth-order valence-corrected chi connectivity index (χ4v) is 4.51. The highest BCUT2D eigenvalue weighted by atomic mass is 16.5. The van der Waals surface area contributed by atoms with Crippen molar-refractivity contribution in [2.24, 2.45) is 0 Å². The maximum atomic E-state index is 6.34. The Kier molecular flexibility index (Phi) is 5.97. The third kappa shape index (κ3) is 4.85. The molecule has 1 spiro atoms. The smallest absolute Gasteiger partial charge is 0.120 e. The van der Waals surface area contributed by atoms with Crippen molar-refractivity contribution < 1.29 is 9.47 Å². The van der Waals surface area contributed by atoms with Crippen molar-refractivity contribution in [3.8, 4) is 5.75 Å². The molecule has 2 aromatic rings. The Morgan fingerprint density at radius 3 is 2.59 bits per heavy atom. The third-order valence-corrected chi connectivity index (χ3v) is 6.28. The summed E-state index contributed by atoms with van der Waals surface area (Å²) < 4.78 is 11.7. The number of likely N-dealkylation sites (tertiary alicyclic amines) is 1. The van der Waals surface area contributed by atoms with Crippen molar-refractivity contribution in [3.63, 3.8) is 0 Å². The van der Waals surface area contributed by atoms with Crippen LogP contribution in [-0.2, 0) is 11.3 Å². The maximum absolute atomic E-state index is 6.34. The molecule has 4 rings (SSSR count). The second kappa shape index (κ2) is 8.64. The molecule has 2 aliphatic heterocycles. The number of benzene rings is 2. The van der Waals surface area contributed by atoms with E-state index in [2.05, 4.69) is 65.6 Å². The highest BCUT2D eigenvalue weighted by molar-refractivity contribution is 5.49. The average Bonchev–Trinajstić information content (AvgIpc) is 3.12. The topological polar surface area (TPSA) is 37.0 Å². The van der Waals surface area contributed by atoms with Crippen LogP contribution in [0.15, 0.2) is 48.5 Å². The van der Waals surface area contributed by atoms with E-state index in [1.54, 1.807) is 7.11 Å². The zero-order valence-electron chi connectivity index (χ0n) is 17.9. The Bertz CT molecular complexity index is 798. The van der Waals surface area contributed by atoms with E-state index in [-0.39, 0.29) is 5.60 Å². The standard InChI is InChI=1S/C24H33N3O2/c1-26(2)22-9-7-19(8-10-22)17-27-13-11-24(12-14-27)16-21(18-29-24)25-20-5-4-6-23(15-20)28-3/h4-10,15,21,25H,11-14,16-18H2,1-3H3/t21-/m0/s1. The minimum Gasteiger partial charge on any atom is -0.497 e. The van der Waals surface area contributed by atoms with Crippen LogP contribution in [0.4, 0.5) is 11.4 Å². The van der Waals surface area contributed by atoms with Crippen LogP contribution in [0.3, 0.4) is 0 Å². The predicted molar refractivity (Wildman–Crippen MR) is 119 cm³/mol. The minimum absolute atomic E-state index is 0.0435. The van der Waals surface area contributed by atoms with E-state index in [0.717, 1.165) is 56.9 Å². The molecule has 1 atom stereocenters. The number of hydrogen-bond acceptors (Lipinski definition) is 5. The zero-order valence-corrected chi connectivity index (χ0v) is 17.9. The molecule has 2 heterocycles. The van der Waals surface area contributed by atoms with Crippen LogP contribution >= 0.6 is 0 Å². The lowest BCUT2D eigenvalue weighted by atomic mass is 9.87. The molecule has 0 saturated carbocycles. The SMILES string of the molecule is COc1cccc(N[C@@H]2COC3(CCN(Cc4ccc(N(C)C)cc4)CC3)C2)c1. The second-order valence-corrected chi connectivity index (χ2v) is 8.61. The number of anilines is 2. The first-order chi connectivity index (χ1) is 14.0. The molecule has 0 aromatic heterocycles. The normalized spacial score (nSPS) is 21.3. The van der Waals surface area contributed by atoms with Gasteiger partial charge < -0.3 is 19.7 Å². The fraction of sp³-hybridized carbons (Fsp3) is 0.500. The molecule has 0 amide bonds. The number of ether oxygens (including phenoxy) is 2. The summed E-state index contributed by atoms with van der Waals surface area (Å²) in [5, 5.41) is 3.63. The molecule has 0 bridgehead atoms. The van der Waals surface area contributed by atoms with Crippen molar-refractivity contribution >= 4 is 11.4 Å². The van der Waals surface area contributed by atoms with Gasteiger partial charge in [-0.25, -0.2) is 0 Å². The van der Waals surface area contributed by atoms with Crippen LogP contribution in [0.5, 0.6) is 5.75 Å². The molecule has 5 heteroatoms. The third-order valence-electron chi connectivity index (χ3n) is 6.28. The van der Waals surface area contributed by atoms with E-state index in [1.807, 2.05) is 12.1 Å². The summed E-state index contributed by atoms with van der Waals surface area (Å²) in [6, 6.07) is 17.4. The Morgan fingerprint density at radius 1 is 1.14 bits per heavy atom. The van der Waals surface area contributed by atoms with Crippen molar-refractivity contribution in [1.29, 1.82) is 0 Å². The highest BCUT2D eigenvalue weighted by Gasteiger charge is 2.42. The molecule has 2 saturated heterocycles. The van der Waals surface area contributed by atoms with Crippen LogP contribution in [0.1, 0.15) is 24.8 Å². The summed E-state index contributed by atoms with van der Waals surface area (Å²) in [5.41, 5.74) is 3.78. The fourth-order valence-electron chi connectivity index (χ4n) is 4.51. The molecule has 0 radical (unpaired) electrons. The monoisotopic (exact) mass is 395 g/mol. The number of hydrogen-bond donors (Lipinski definition) is 1. The van der Waals surface area contributed by atoms with Crippen LogP contribution < -0.4 is 15.0 Å². The molecule has 1 N–H and O–H groups in total. The van der Waals surface area contributed by atoms with E-state index in [0.29, 0.717) is 6.04 Å². The first-order valence-corrected chi connectivity index (χ1v) is 10.6. The summed E-state index contributed by atoms with van der Waals surface area (Å²) in [5.74, 6) is 0.885. The van der Waals surface area contributed by atoms with Gasteiger partial charge in [0.2, 0.25) is 0 Å². The number of nitrogens with zero attached hydrogens (tertiary/aromatic N) is 2. The van der Waals surface area contributed by atoms with E-state index in [9.17, 15) is 0 Å². The van der Waals surface area contributed by atoms with Gasteiger partial charge in [-0.2, -0.15) is 0 Å². The van der Waals surface area contributed by atoms with Crippen molar-refractivity contribution in [3.05, 3.63) is 54.1 Å². The molecule has 0 aliphatic carbocycles. The molecule has 0 unspecified atom stereocenters. The van der Waals surface area contributed by atoms with Gasteiger partial charge in [-0.05, 0) is 49.1 Å². The zero-order chi connectivity index (χ0) is 20.3. The summed E-state index contributed by atoms with van der Waals surface area (Å²) in [4.78, 5) is 4.70. The van der Waals surface area contributed by atoms with Crippen molar-refractivity contribution in [2.45, 2.75) is 37.5 Å². The van der Waals surface area contributed by atoms with E-state index in [1.165, 1.54) is 11.3 Å². The van der Waals surface area contributed by atoms with E-state index in [4.69, 9.17) is 9.47 Å². The Labute approximate surface area is 174 Å². The summed E-state index contributed by atoms with van der Waals surface area (Å²) in [6.07, 6.45) is 3.30. The van der Waals surface area contributed by atoms with Crippen molar-refractivity contribution in [1.82, 2.24) is 4.90 Å². The van der Waals surface area contributed by atoms with Gasteiger partial charge in [0.25, 0.3) is 0 Å². The number of rotatable bonds is 6. The molecule has 5 nitrogen and oxygen atoms in total.